The molecule has 0 fully saturated rings. The number of rotatable bonds is 5. The molecular weight excluding hydrogens is 434 g/mol. The van der Waals surface area contributed by atoms with Crippen LogP contribution in [0.4, 0.5) is 5.69 Å². The predicted molar refractivity (Wildman–Crippen MR) is 134 cm³/mol. The van der Waals surface area contributed by atoms with Gasteiger partial charge in [-0.15, -0.1) is 0 Å². The summed E-state index contributed by atoms with van der Waals surface area (Å²) in [7, 11) is 1.81. The minimum atomic E-state index is -0.484. The Morgan fingerprint density at radius 3 is 2.61 bits per heavy atom. The van der Waals surface area contributed by atoms with Crippen LogP contribution in [0.1, 0.15) is 35.8 Å². The number of esters is 1. The van der Waals surface area contributed by atoms with Crippen LogP contribution in [-0.2, 0) is 9.53 Å². The molecule has 3 aromatic carbocycles. The molecule has 0 spiro atoms. The molecule has 0 radical (unpaired) electrons. The van der Waals surface area contributed by atoms with Crippen LogP contribution < -0.4 is 10.6 Å². The number of hydrogen-bond acceptors (Lipinski definition) is 4. The number of carbonyl (C=O) groups is 2. The highest BCUT2D eigenvalue weighted by Crippen LogP contribution is 2.32. The highest BCUT2D eigenvalue weighted by atomic mass is 32.1. The molecule has 1 aliphatic heterocycles. The third kappa shape index (κ3) is 4.45. The van der Waals surface area contributed by atoms with E-state index < -0.39 is 12.0 Å². The number of hydrogen-bond donors (Lipinski definition) is 2. The Hall–Kier alpha value is -3.71. The van der Waals surface area contributed by atoms with E-state index in [0.29, 0.717) is 21.9 Å². The number of nitrogens with one attached hydrogen (secondary N) is 2. The Morgan fingerprint density at radius 1 is 1.09 bits per heavy atom. The zero-order valence-electron chi connectivity index (χ0n) is 18.7. The van der Waals surface area contributed by atoms with E-state index in [2.05, 4.69) is 10.6 Å². The van der Waals surface area contributed by atoms with Crippen LogP contribution in [0.3, 0.4) is 0 Å². The fraction of sp³-hybridized carbons (Fsp3) is 0.192. The predicted octanol–water partition coefficient (Wildman–Crippen LogP) is 4.79. The standard InChI is InChI=1S/C26H25N3O3S/c1-4-32-25(31)22-16(2)29(3)26(33)28-23(22)18-11-7-12-19(15-18)27-24(30)21-14-8-10-17-9-5-6-13-20(17)21/h5-15,23H,4H2,1-3H3,(H,27,30)(H,28,33). The van der Waals surface area contributed by atoms with Crippen molar-refractivity contribution in [3.05, 3.63) is 89.1 Å². The smallest absolute Gasteiger partial charge is 0.338 e. The molecule has 7 heteroatoms. The highest BCUT2D eigenvalue weighted by molar-refractivity contribution is 7.80. The van der Waals surface area contributed by atoms with Gasteiger partial charge in [-0.1, -0.05) is 48.5 Å². The first-order valence-corrected chi connectivity index (χ1v) is 11.1. The van der Waals surface area contributed by atoms with Crippen molar-refractivity contribution in [1.29, 1.82) is 0 Å². The van der Waals surface area contributed by atoms with Gasteiger partial charge in [0.1, 0.15) is 0 Å². The van der Waals surface area contributed by atoms with Crippen molar-refractivity contribution in [3.63, 3.8) is 0 Å². The molecule has 0 saturated heterocycles. The van der Waals surface area contributed by atoms with Crippen LogP contribution in [0.2, 0.25) is 0 Å². The number of thiocarbonyl (C=S) groups is 1. The first kappa shape index (κ1) is 22.5. The lowest BCUT2D eigenvalue weighted by Crippen LogP contribution is -2.46. The maximum absolute atomic E-state index is 13.1. The second-order valence-electron chi connectivity index (χ2n) is 7.77. The van der Waals surface area contributed by atoms with Gasteiger partial charge in [0.15, 0.2) is 5.11 Å². The summed E-state index contributed by atoms with van der Waals surface area (Å²) < 4.78 is 5.30. The van der Waals surface area contributed by atoms with Crippen molar-refractivity contribution in [2.75, 3.05) is 19.0 Å². The van der Waals surface area contributed by atoms with Crippen LogP contribution in [0.25, 0.3) is 10.8 Å². The lowest BCUT2D eigenvalue weighted by atomic mass is 9.94. The van der Waals surface area contributed by atoms with E-state index in [1.807, 2.05) is 73.7 Å². The van der Waals surface area contributed by atoms with Gasteiger partial charge in [-0.2, -0.15) is 0 Å². The Labute approximate surface area is 198 Å². The Kier molecular flexibility index (Phi) is 6.42. The van der Waals surface area contributed by atoms with Crippen LogP contribution in [-0.4, -0.2) is 35.5 Å². The molecule has 1 atom stereocenters. The van der Waals surface area contributed by atoms with Crippen molar-refractivity contribution < 1.29 is 14.3 Å². The first-order valence-electron chi connectivity index (χ1n) is 10.7. The molecule has 1 unspecified atom stereocenters. The molecule has 168 valence electrons. The lowest BCUT2D eigenvalue weighted by Gasteiger charge is -2.35. The van der Waals surface area contributed by atoms with Crippen LogP contribution in [0, 0.1) is 0 Å². The third-order valence-electron chi connectivity index (χ3n) is 5.76. The van der Waals surface area contributed by atoms with Gasteiger partial charge in [0, 0.05) is 24.0 Å². The van der Waals surface area contributed by atoms with Gasteiger partial charge < -0.3 is 20.3 Å². The number of ether oxygens (including phenoxy) is 1. The van der Waals surface area contributed by atoms with Crippen molar-refractivity contribution in [2.24, 2.45) is 0 Å². The number of carbonyl (C=O) groups excluding carboxylic acids is 2. The summed E-state index contributed by atoms with van der Waals surface area (Å²) in [5.74, 6) is -0.597. The minimum absolute atomic E-state index is 0.201. The molecular formula is C26H25N3O3S. The van der Waals surface area contributed by atoms with Gasteiger partial charge in [0.25, 0.3) is 5.91 Å². The molecule has 6 nitrogen and oxygen atoms in total. The molecule has 0 bridgehead atoms. The molecule has 1 aliphatic rings. The number of benzene rings is 3. The summed E-state index contributed by atoms with van der Waals surface area (Å²) in [5.41, 5.74) is 3.24. The summed E-state index contributed by atoms with van der Waals surface area (Å²) in [6.07, 6.45) is 0. The number of anilines is 1. The van der Waals surface area contributed by atoms with Crippen LogP contribution in [0.15, 0.2) is 78.0 Å². The van der Waals surface area contributed by atoms with Crippen molar-refractivity contribution >= 4 is 45.7 Å². The zero-order valence-corrected chi connectivity index (χ0v) is 19.5. The summed E-state index contributed by atoms with van der Waals surface area (Å²) in [5, 5.41) is 8.61. The molecule has 1 amide bonds. The van der Waals surface area contributed by atoms with Crippen LogP contribution in [0.5, 0.6) is 0 Å². The average molecular weight is 460 g/mol. The van der Waals surface area contributed by atoms with Crippen molar-refractivity contribution in [2.45, 2.75) is 19.9 Å². The fourth-order valence-corrected chi connectivity index (χ4v) is 4.23. The second kappa shape index (κ2) is 9.42. The van der Waals surface area contributed by atoms with Gasteiger partial charge in [-0.3, -0.25) is 4.79 Å². The zero-order chi connectivity index (χ0) is 23.5. The Morgan fingerprint density at radius 2 is 1.82 bits per heavy atom. The van der Waals surface area contributed by atoms with Crippen molar-refractivity contribution in [3.8, 4) is 0 Å². The number of nitrogens with zero attached hydrogens (tertiary/aromatic N) is 1. The Bertz CT molecular complexity index is 1280. The molecule has 0 saturated carbocycles. The van der Waals surface area contributed by atoms with E-state index in [4.69, 9.17) is 17.0 Å². The lowest BCUT2D eigenvalue weighted by molar-refractivity contribution is -0.139. The molecule has 1 heterocycles. The summed E-state index contributed by atoms with van der Waals surface area (Å²) in [4.78, 5) is 27.6. The molecule has 3 aromatic rings. The highest BCUT2D eigenvalue weighted by Gasteiger charge is 2.33. The SMILES string of the molecule is CCOC(=O)C1=C(C)N(C)C(=S)NC1c1cccc(NC(=O)c2cccc3ccccc23)c1. The van der Waals surface area contributed by atoms with E-state index in [1.54, 1.807) is 18.9 Å². The van der Waals surface area contributed by atoms with Gasteiger partial charge in [-0.25, -0.2) is 4.79 Å². The van der Waals surface area contributed by atoms with Gasteiger partial charge in [0.2, 0.25) is 0 Å². The number of fused-ring (bicyclic) bond motifs is 1. The normalized spacial score (nSPS) is 15.9. The van der Waals surface area contributed by atoms with Crippen molar-refractivity contribution in [1.82, 2.24) is 10.2 Å². The topological polar surface area (TPSA) is 70.7 Å². The number of allylic oxidation sites excluding steroid dienone is 1. The third-order valence-corrected chi connectivity index (χ3v) is 6.15. The Balaban J connectivity index is 1.66. The molecule has 4 rings (SSSR count). The van der Waals surface area contributed by atoms with E-state index in [-0.39, 0.29) is 12.5 Å². The molecule has 2 N–H and O–H groups in total. The van der Waals surface area contributed by atoms with E-state index in [0.717, 1.165) is 22.0 Å². The number of amides is 1. The van der Waals surface area contributed by atoms with Crippen LogP contribution >= 0.6 is 12.2 Å². The monoisotopic (exact) mass is 459 g/mol. The van der Waals surface area contributed by atoms with E-state index in [1.165, 1.54) is 0 Å². The van der Waals surface area contributed by atoms with Gasteiger partial charge >= 0.3 is 5.97 Å². The largest absolute Gasteiger partial charge is 0.463 e. The fourth-order valence-electron chi connectivity index (χ4n) is 3.98. The first-order chi connectivity index (χ1) is 15.9. The van der Waals surface area contributed by atoms with Gasteiger partial charge in [0.05, 0.1) is 18.2 Å². The average Bonchev–Trinajstić information content (AvgIpc) is 2.82. The molecule has 33 heavy (non-hydrogen) atoms. The quantitative estimate of drug-likeness (QED) is 0.422. The van der Waals surface area contributed by atoms with Gasteiger partial charge in [-0.05, 0) is 60.6 Å². The maximum atomic E-state index is 13.1. The maximum Gasteiger partial charge on any atom is 0.338 e. The summed E-state index contributed by atoms with van der Waals surface area (Å²) >= 11 is 5.46. The second-order valence-corrected chi connectivity index (χ2v) is 8.15. The van der Waals surface area contributed by atoms with E-state index in [9.17, 15) is 9.59 Å². The minimum Gasteiger partial charge on any atom is -0.463 e. The molecule has 0 aliphatic carbocycles. The van der Waals surface area contributed by atoms with E-state index >= 15 is 0 Å². The summed E-state index contributed by atoms with van der Waals surface area (Å²) in [6.45, 7) is 3.90. The summed E-state index contributed by atoms with van der Waals surface area (Å²) in [6, 6.07) is 20.4. The molecule has 0 aromatic heterocycles.